The Labute approximate surface area is 157 Å². The number of rotatable bonds is 5. The molecule has 2 aromatic heterocycles. The van der Waals surface area contributed by atoms with Crippen molar-refractivity contribution in [2.75, 3.05) is 0 Å². The molecule has 0 unspecified atom stereocenters. The molecule has 0 bridgehead atoms. The molecule has 0 fully saturated rings. The third-order valence-electron chi connectivity index (χ3n) is 3.91. The third-order valence-corrected chi connectivity index (χ3v) is 5.12. The maximum atomic E-state index is 13.5. The summed E-state index contributed by atoms with van der Waals surface area (Å²) in [7, 11) is 0. The van der Waals surface area contributed by atoms with Crippen LogP contribution in [0.15, 0.2) is 66.1 Å². The van der Waals surface area contributed by atoms with Crippen LogP contribution in [-0.4, -0.2) is 19.1 Å². The van der Waals surface area contributed by atoms with Crippen molar-refractivity contribution in [3.8, 4) is 5.69 Å². The average molecular weight is 391 g/mol. The Morgan fingerprint density at radius 2 is 1.85 bits per heavy atom. The highest BCUT2D eigenvalue weighted by molar-refractivity contribution is 7.98. The van der Waals surface area contributed by atoms with Crippen LogP contribution in [0, 0.1) is 0 Å². The van der Waals surface area contributed by atoms with Gasteiger partial charge >= 0.3 is 6.55 Å². The van der Waals surface area contributed by atoms with E-state index in [1.807, 2.05) is 22.9 Å². The molecule has 0 aliphatic heterocycles. The number of hydrogen-bond acceptors (Lipinski definition) is 3. The highest BCUT2D eigenvalue weighted by Crippen LogP contribution is 2.29. The smallest absolute Gasteiger partial charge is 0.295 e. The van der Waals surface area contributed by atoms with E-state index in [4.69, 9.17) is 11.6 Å². The molecule has 4 aromatic rings. The lowest BCUT2D eigenvalue weighted by atomic mass is 10.3. The molecule has 0 spiro atoms. The number of hydrogen-bond donors (Lipinski definition) is 0. The van der Waals surface area contributed by atoms with Crippen LogP contribution < -0.4 is 0 Å². The molecule has 0 atom stereocenters. The fraction of sp³-hybridized carbons (Fsp3) is 0.111. The number of imidazole rings is 2. The molecule has 0 aliphatic rings. The van der Waals surface area contributed by atoms with Gasteiger partial charge in [0.15, 0.2) is 5.16 Å². The van der Waals surface area contributed by atoms with Crippen molar-refractivity contribution in [2.24, 2.45) is 0 Å². The minimum atomic E-state index is -2.64. The highest BCUT2D eigenvalue weighted by atomic mass is 35.5. The van der Waals surface area contributed by atoms with Crippen molar-refractivity contribution in [2.45, 2.75) is 17.5 Å². The molecule has 26 heavy (non-hydrogen) atoms. The fourth-order valence-electron chi connectivity index (χ4n) is 2.74. The predicted molar refractivity (Wildman–Crippen MR) is 99.1 cm³/mol. The van der Waals surface area contributed by atoms with Gasteiger partial charge in [-0.1, -0.05) is 35.5 Å². The van der Waals surface area contributed by atoms with E-state index in [-0.39, 0.29) is 5.75 Å². The van der Waals surface area contributed by atoms with Gasteiger partial charge in [-0.25, -0.2) is 9.97 Å². The third kappa shape index (κ3) is 3.20. The molecule has 132 valence electrons. The first-order valence-corrected chi connectivity index (χ1v) is 9.16. The molecule has 0 saturated carbocycles. The van der Waals surface area contributed by atoms with Crippen LogP contribution in [0.1, 0.15) is 12.4 Å². The summed E-state index contributed by atoms with van der Waals surface area (Å²) in [6, 6.07) is 14.2. The first kappa shape index (κ1) is 17.1. The van der Waals surface area contributed by atoms with E-state index in [0.717, 1.165) is 10.3 Å². The van der Waals surface area contributed by atoms with Gasteiger partial charge in [0.25, 0.3) is 0 Å². The number of benzene rings is 2. The van der Waals surface area contributed by atoms with Crippen molar-refractivity contribution < 1.29 is 8.78 Å². The minimum Gasteiger partial charge on any atom is -0.295 e. The lowest BCUT2D eigenvalue weighted by Crippen LogP contribution is -2.04. The van der Waals surface area contributed by atoms with Crippen LogP contribution in [-0.2, 0) is 5.75 Å². The van der Waals surface area contributed by atoms with E-state index in [1.165, 1.54) is 11.8 Å². The lowest BCUT2D eigenvalue weighted by molar-refractivity contribution is 0.0722. The summed E-state index contributed by atoms with van der Waals surface area (Å²) in [6.45, 7) is -2.64. The molecule has 8 heteroatoms. The summed E-state index contributed by atoms with van der Waals surface area (Å²) in [6.07, 6.45) is 3.49. The second-order valence-corrected chi connectivity index (χ2v) is 6.89. The molecule has 0 aliphatic carbocycles. The number of fused-ring (bicyclic) bond motifs is 1. The van der Waals surface area contributed by atoms with Crippen LogP contribution in [0.2, 0.25) is 5.02 Å². The minimum absolute atomic E-state index is 0.281. The van der Waals surface area contributed by atoms with Gasteiger partial charge in [-0.05, 0) is 36.4 Å². The number of halogens is 3. The van der Waals surface area contributed by atoms with Gasteiger partial charge in [-0.15, -0.1) is 0 Å². The number of nitrogens with zero attached hydrogens (tertiary/aromatic N) is 4. The van der Waals surface area contributed by atoms with Crippen molar-refractivity contribution in [3.05, 3.63) is 71.8 Å². The second kappa shape index (κ2) is 7.09. The Morgan fingerprint density at radius 1 is 1.08 bits per heavy atom. The summed E-state index contributed by atoms with van der Waals surface area (Å²) in [5.74, 6) is 0.598. The zero-order valence-electron chi connectivity index (χ0n) is 13.4. The van der Waals surface area contributed by atoms with Gasteiger partial charge in [0, 0.05) is 23.1 Å². The molecule has 0 amide bonds. The zero-order chi connectivity index (χ0) is 18.1. The number of thioether (sulfide) groups is 1. The standard InChI is InChI=1S/C18H13ClF2N4S/c19-12-5-7-13(8-6-12)24-10-9-22-18(24)26-11-16-23-14-3-1-2-4-15(14)25(16)17(20)21/h1-10,17H,11H2. The Kier molecular flexibility index (Phi) is 4.65. The quantitative estimate of drug-likeness (QED) is 0.418. The Hall–Kier alpha value is -2.38. The normalized spacial score (nSPS) is 11.5. The molecule has 4 rings (SSSR count). The van der Waals surface area contributed by atoms with E-state index in [2.05, 4.69) is 9.97 Å². The van der Waals surface area contributed by atoms with Gasteiger partial charge in [0.1, 0.15) is 5.82 Å². The maximum absolute atomic E-state index is 13.5. The van der Waals surface area contributed by atoms with Crippen molar-refractivity contribution >= 4 is 34.4 Å². The van der Waals surface area contributed by atoms with Crippen molar-refractivity contribution in [3.63, 3.8) is 0 Å². The number of aromatic nitrogens is 4. The topological polar surface area (TPSA) is 35.6 Å². The molecule has 4 nitrogen and oxygen atoms in total. The van der Waals surface area contributed by atoms with Gasteiger partial charge in [0.2, 0.25) is 0 Å². The summed E-state index contributed by atoms with van der Waals surface area (Å²) >= 11 is 7.28. The second-order valence-electron chi connectivity index (χ2n) is 5.51. The number of alkyl halides is 2. The van der Waals surface area contributed by atoms with Gasteiger partial charge in [-0.2, -0.15) is 8.78 Å². The summed E-state index contributed by atoms with van der Waals surface area (Å²) in [4.78, 5) is 8.68. The molecule has 0 radical (unpaired) electrons. The van der Waals surface area contributed by atoms with Crippen LogP contribution in [0.5, 0.6) is 0 Å². The van der Waals surface area contributed by atoms with Gasteiger partial charge in [0.05, 0.1) is 16.8 Å². The van der Waals surface area contributed by atoms with E-state index in [1.54, 1.807) is 42.6 Å². The largest absolute Gasteiger partial charge is 0.320 e. The van der Waals surface area contributed by atoms with Gasteiger partial charge in [-0.3, -0.25) is 9.13 Å². The molecule has 2 heterocycles. The van der Waals surface area contributed by atoms with Crippen LogP contribution in [0.3, 0.4) is 0 Å². The monoisotopic (exact) mass is 390 g/mol. The summed E-state index contributed by atoms with van der Waals surface area (Å²) in [5, 5.41) is 1.34. The lowest BCUT2D eigenvalue weighted by Gasteiger charge is -2.09. The maximum Gasteiger partial charge on any atom is 0.320 e. The molecule has 2 aromatic carbocycles. The highest BCUT2D eigenvalue weighted by Gasteiger charge is 2.18. The Morgan fingerprint density at radius 3 is 2.62 bits per heavy atom. The van der Waals surface area contributed by atoms with Gasteiger partial charge < -0.3 is 0 Å². The van der Waals surface area contributed by atoms with E-state index < -0.39 is 6.55 Å². The Bertz CT molecular complexity index is 1040. The number of para-hydroxylation sites is 2. The first-order chi connectivity index (χ1) is 12.6. The van der Waals surface area contributed by atoms with Crippen LogP contribution in [0.25, 0.3) is 16.7 Å². The first-order valence-electron chi connectivity index (χ1n) is 7.79. The molecule has 0 N–H and O–H groups in total. The van der Waals surface area contributed by atoms with E-state index >= 15 is 0 Å². The average Bonchev–Trinajstić information content (AvgIpc) is 3.24. The van der Waals surface area contributed by atoms with Crippen molar-refractivity contribution in [1.29, 1.82) is 0 Å². The fourth-order valence-corrected chi connectivity index (χ4v) is 3.77. The van der Waals surface area contributed by atoms with Crippen molar-refractivity contribution in [1.82, 2.24) is 19.1 Å². The summed E-state index contributed by atoms with van der Waals surface area (Å²) in [5.41, 5.74) is 1.89. The van der Waals surface area contributed by atoms with E-state index in [0.29, 0.717) is 27.0 Å². The van der Waals surface area contributed by atoms with Crippen LogP contribution >= 0.6 is 23.4 Å². The zero-order valence-corrected chi connectivity index (χ0v) is 15.0. The molecule has 0 saturated heterocycles. The summed E-state index contributed by atoms with van der Waals surface area (Å²) < 4.78 is 29.9. The Balaban J connectivity index is 1.63. The molecular weight excluding hydrogens is 378 g/mol. The predicted octanol–water partition coefficient (Wildman–Crippen LogP) is 5.56. The van der Waals surface area contributed by atoms with E-state index in [9.17, 15) is 8.78 Å². The molecular formula is C18H13ClF2N4S. The SMILES string of the molecule is FC(F)n1c(CSc2nccn2-c2ccc(Cl)cc2)nc2ccccc21. The van der Waals surface area contributed by atoms with Crippen LogP contribution in [0.4, 0.5) is 8.78 Å².